The van der Waals surface area contributed by atoms with E-state index in [1.807, 2.05) is 12.1 Å². The number of likely N-dealkylation sites (tertiary alicyclic amines) is 1. The number of hydrogen-bond acceptors (Lipinski definition) is 5. The lowest BCUT2D eigenvalue weighted by Gasteiger charge is -2.33. The Balaban J connectivity index is 1.58. The summed E-state index contributed by atoms with van der Waals surface area (Å²) < 4.78 is 45.3. The fourth-order valence-electron chi connectivity index (χ4n) is 4.53. The summed E-state index contributed by atoms with van der Waals surface area (Å²) in [5.74, 6) is 0.715. The van der Waals surface area contributed by atoms with Crippen LogP contribution in [0.2, 0.25) is 0 Å². The van der Waals surface area contributed by atoms with Crippen molar-refractivity contribution in [2.45, 2.75) is 25.3 Å². The van der Waals surface area contributed by atoms with Gasteiger partial charge in [0.05, 0.1) is 33.1 Å². The van der Waals surface area contributed by atoms with Crippen LogP contribution in [0.15, 0.2) is 36.5 Å². The SMILES string of the molecule is COc1ccc(CN2CCC[C@H](c3[nH]ncc3-c3c(F)cccc3F)C2)c(OC)c1OC. The number of H-pyrrole nitrogens is 1. The van der Waals surface area contributed by atoms with Gasteiger partial charge in [-0.3, -0.25) is 10.00 Å². The van der Waals surface area contributed by atoms with Crippen LogP contribution in [-0.4, -0.2) is 49.5 Å². The number of methoxy groups -OCH3 is 3. The molecule has 2 heterocycles. The van der Waals surface area contributed by atoms with Crippen LogP contribution in [-0.2, 0) is 6.54 Å². The Morgan fingerprint density at radius 2 is 1.78 bits per heavy atom. The number of nitrogens with zero attached hydrogens (tertiary/aromatic N) is 2. The highest BCUT2D eigenvalue weighted by atomic mass is 19.1. The highest BCUT2D eigenvalue weighted by Gasteiger charge is 2.28. The zero-order chi connectivity index (χ0) is 22.7. The van der Waals surface area contributed by atoms with E-state index in [-0.39, 0.29) is 11.5 Å². The number of aromatic amines is 1. The van der Waals surface area contributed by atoms with Gasteiger partial charge in [-0.25, -0.2) is 8.78 Å². The van der Waals surface area contributed by atoms with E-state index in [1.165, 1.54) is 24.4 Å². The quantitative estimate of drug-likeness (QED) is 0.571. The lowest BCUT2D eigenvalue weighted by atomic mass is 9.90. The van der Waals surface area contributed by atoms with Gasteiger partial charge in [-0.1, -0.05) is 12.1 Å². The Morgan fingerprint density at radius 1 is 1.03 bits per heavy atom. The molecule has 0 saturated carbocycles. The Kier molecular flexibility index (Phi) is 6.60. The van der Waals surface area contributed by atoms with E-state index in [2.05, 4.69) is 15.1 Å². The fourth-order valence-corrected chi connectivity index (χ4v) is 4.53. The monoisotopic (exact) mass is 443 g/mol. The number of benzene rings is 2. The minimum absolute atomic E-state index is 0.0325. The highest BCUT2D eigenvalue weighted by Crippen LogP contribution is 2.41. The number of piperidine rings is 1. The van der Waals surface area contributed by atoms with Gasteiger partial charge in [-0.05, 0) is 37.6 Å². The second-order valence-corrected chi connectivity index (χ2v) is 7.86. The molecule has 170 valence electrons. The van der Waals surface area contributed by atoms with E-state index >= 15 is 0 Å². The molecule has 1 N–H and O–H groups in total. The predicted octanol–water partition coefficient (Wildman–Crippen LogP) is 4.76. The molecule has 8 heteroatoms. The molecule has 2 aromatic carbocycles. The second kappa shape index (κ2) is 9.56. The minimum Gasteiger partial charge on any atom is -0.493 e. The van der Waals surface area contributed by atoms with E-state index in [0.29, 0.717) is 29.4 Å². The molecule has 1 fully saturated rings. The molecule has 1 aliphatic rings. The van der Waals surface area contributed by atoms with E-state index < -0.39 is 11.6 Å². The van der Waals surface area contributed by atoms with Crippen LogP contribution in [0.25, 0.3) is 11.1 Å². The molecule has 1 saturated heterocycles. The molecule has 1 atom stereocenters. The summed E-state index contributed by atoms with van der Waals surface area (Å²) in [6, 6.07) is 7.75. The predicted molar refractivity (Wildman–Crippen MR) is 117 cm³/mol. The molecule has 1 aliphatic heterocycles. The van der Waals surface area contributed by atoms with Gasteiger partial charge in [0.2, 0.25) is 5.75 Å². The molecule has 0 bridgehead atoms. The molecule has 6 nitrogen and oxygen atoms in total. The summed E-state index contributed by atoms with van der Waals surface area (Å²) in [6.07, 6.45) is 3.37. The zero-order valence-corrected chi connectivity index (χ0v) is 18.5. The molecule has 0 radical (unpaired) electrons. The third-order valence-electron chi connectivity index (χ3n) is 5.99. The summed E-state index contributed by atoms with van der Waals surface area (Å²) in [5, 5.41) is 7.10. The van der Waals surface area contributed by atoms with Crippen molar-refractivity contribution < 1.29 is 23.0 Å². The topological polar surface area (TPSA) is 59.6 Å². The Morgan fingerprint density at radius 3 is 2.47 bits per heavy atom. The summed E-state index contributed by atoms with van der Waals surface area (Å²) >= 11 is 0. The van der Waals surface area contributed by atoms with Gasteiger partial charge in [-0.15, -0.1) is 0 Å². The van der Waals surface area contributed by atoms with Gasteiger partial charge in [0.15, 0.2) is 11.5 Å². The number of rotatable bonds is 7. The van der Waals surface area contributed by atoms with E-state index in [4.69, 9.17) is 14.2 Å². The average Bonchev–Trinajstić information content (AvgIpc) is 3.28. The van der Waals surface area contributed by atoms with Crippen LogP contribution in [0.4, 0.5) is 8.78 Å². The number of ether oxygens (including phenoxy) is 3. The normalized spacial score (nSPS) is 16.7. The first kappa shape index (κ1) is 22.1. The van der Waals surface area contributed by atoms with Gasteiger partial charge in [0.25, 0.3) is 0 Å². The third-order valence-corrected chi connectivity index (χ3v) is 5.99. The van der Waals surface area contributed by atoms with Crippen molar-refractivity contribution in [2.24, 2.45) is 0 Å². The first-order valence-electron chi connectivity index (χ1n) is 10.5. The fraction of sp³-hybridized carbons (Fsp3) is 0.375. The van der Waals surface area contributed by atoms with Gasteiger partial charge in [0, 0.05) is 35.8 Å². The smallest absolute Gasteiger partial charge is 0.203 e. The summed E-state index contributed by atoms with van der Waals surface area (Å²) in [7, 11) is 4.79. The maximum Gasteiger partial charge on any atom is 0.203 e. The van der Waals surface area contributed by atoms with Crippen molar-refractivity contribution in [1.29, 1.82) is 0 Å². The van der Waals surface area contributed by atoms with Gasteiger partial charge >= 0.3 is 0 Å². The molecule has 0 amide bonds. The van der Waals surface area contributed by atoms with Gasteiger partial charge < -0.3 is 14.2 Å². The molecule has 3 aromatic rings. The summed E-state index contributed by atoms with van der Waals surface area (Å²) in [4.78, 5) is 2.31. The second-order valence-electron chi connectivity index (χ2n) is 7.86. The number of hydrogen-bond donors (Lipinski definition) is 1. The Labute approximate surface area is 186 Å². The van der Waals surface area contributed by atoms with Gasteiger partial charge in [-0.2, -0.15) is 5.10 Å². The Hall–Kier alpha value is -3.13. The Bertz CT molecular complexity index is 1070. The molecule has 0 unspecified atom stereocenters. The molecular formula is C24H27F2N3O3. The standard InChI is InChI=1S/C24H27F2N3O3/c1-30-20-10-9-16(23(31-2)24(20)32-3)14-29-11-5-6-15(13-29)22-17(12-27-28-22)21-18(25)7-4-8-19(21)26/h4,7-10,12,15H,5-6,11,13-14H2,1-3H3,(H,27,28)/t15-/m0/s1. The van der Waals surface area contributed by atoms with Crippen LogP contribution in [0.3, 0.4) is 0 Å². The van der Waals surface area contributed by atoms with Crippen molar-refractivity contribution in [2.75, 3.05) is 34.4 Å². The van der Waals surface area contributed by atoms with Crippen LogP contribution in [0.1, 0.15) is 30.0 Å². The van der Waals surface area contributed by atoms with E-state index in [1.54, 1.807) is 21.3 Å². The summed E-state index contributed by atoms with van der Waals surface area (Å²) in [5.41, 5.74) is 2.19. The summed E-state index contributed by atoms with van der Waals surface area (Å²) in [6.45, 7) is 2.28. The molecular weight excluding hydrogens is 416 g/mol. The van der Waals surface area contributed by atoms with E-state index in [0.717, 1.165) is 37.2 Å². The molecule has 32 heavy (non-hydrogen) atoms. The maximum absolute atomic E-state index is 14.4. The minimum atomic E-state index is -0.588. The van der Waals surface area contributed by atoms with Crippen LogP contribution in [0.5, 0.6) is 17.2 Å². The third kappa shape index (κ3) is 4.14. The maximum atomic E-state index is 14.4. The molecule has 0 aliphatic carbocycles. The molecule has 1 aromatic heterocycles. The molecule has 0 spiro atoms. The van der Waals surface area contributed by atoms with Crippen molar-refractivity contribution in [3.05, 3.63) is 59.4 Å². The number of aromatic nitrogens is 2. The average molecular weight is 443 g/mol. The zero-order valence-electron chi connectivity index (χ0n) is 18.5. The largest absolute Gasteiger partial charge is 0.493 e. The molecule has 4 rings (SSSR count). The first-order chi connectivity index (χ1) is 15.6. The number of halogens is 2. The van der Waals surface area contributed by atoms with Crippen molar-refractivity contribution in [1.82, 2.24) is 15.1 Å². The van der Waals surface area contributed by atoms with Crippen LogP contribution in [0, 0.1) is 11.6 Å². The number of nitrogens with one attached hydrogen (secondary N) is 1. The van der Waals surface area contributed by atoms with E-state index in [9.17, 15) is 8.78 Å². The van der Waals surface area contributed by atoms with Crippen molar-refractivity contribution >= 4 is 0 Å². The van der Waals surface area contributed by atoms with Crippen molar-refractivity contribution in [3.63, 3.8) is 0 Å². The first-order valence-corrected chi connectivity index (χ1v) is 10.5. The van der Waals surface area contributed by atoms with Gasteiger partial charge in [0.1, 0.15) is 11.6 Å². The lowest BCUT2D eigenvalue weighted by molar-refractivity contribution is 0.195. The highest BCUT2D eigenvalue weighted by molar-refractivity contribution is 5.67. The van der Waals surface area contributed by atoms with Crippen LogP contribution < -0.4 is 14.2 Å². The van der Waals surface area contributed by atoms with Crippen molar-refractivity contribution in [3.8, 4) is 28.4 Å². The lowest BCUT2D eigenvalue weighted by Crippen LogP contribution is -2.34. The van der Waals surface area contributed by atoms with Crippen LogP contribution >= 0.6 is 0 Å².